The van der Waals surface area contributed by atoms with Gasteiger partial charge >= 0.3 is 0 Å². The van der Waals surface area contributed by atoms with Crippen LogP contribution in [0.5, 0.6) is 0 Å². The summed E-state index contributed by atoms with van der Waals surface area (Å²) in [5.41, 5.74) is 0.764. The molecule has 1 aromatic carbocycles. The van der Waals surface area contributed by atoms with Crippen molar-refractivity contribution in [1.82, 2.24) is 0 Å². The molecule has 0 spiro atoms. The number of rotatable bonds is 4. The zero-order chi connectivity index (χ0) is 11.7. The summed E-state index contributed by atoms with van der Waals surface area (Å²) in [5.74, 6) is -0.911. The lowest BCUT2D eigenvalue weighted by Gasteiger charge is -2.24. The molecule has 16 heavy (non-hydrogen) atoms. The highest BCUT2D eigenvalue weighted by Crippen LogP contribution is 2.35. The van der Waals surface area contributed by atoms with E-state index in [0.29, 0.717) is 23.5 Å². The first-order valence-electron chi connectivity index (χ1n) is 5.48. The first kappa shape index (κ1) is 11.8. The standard InChI is InChI=1S/C12H14BrF2N/c1-2-16(9-3-4-9)12-10(14)5-8(7-13)6-11(12)15/h5-6,9H,2-4,7H2,1H3. The lowest BCUT2D eigenvalue weighted by molar-refractivity contribution is 0.569. The molecular formula is C12H14BrF2N. The van der Waals surface area contributed by atoms with Crippen molar-refractivity contribution in [2.45, 2.75) is 31.1 Å². The minimum absolute atomic E-state index is 0.134. The fourth-order valence-electron chi connectivity index (χ4n) is 1.95. The molecule has 1 fully saturated rings. The van der Waals surface area contributed by atoms with Crippen LogP contribution in [0.15, 0.2) is 12.1 Å². The van der Waals surface area contributed by atoms with Crippen LogP contribution in [0.2, 0.25) is 0 Å². The summed E-state index contributed by atoms with van der Waals surface area (Å²) in [6.45, 7) is 2.57. The summed E-state index contributed by atoms with van der Waals surface area (Å²) in [6, 6.07) is 3.12. The number of hydrogen-bond donors (Lipinski definition) is 0. The summed E-state index contributed by atoms with van der Waals surface area (Å²) in [6.07, 6.45) is 2.07. The summed E-state index contributed by atoms with van der Waals surface area (Å²) in [4.78, 5) is 1.82. The second kappa shape index (κ2) is 4.70. The number of alkyl halides is 1. The van der Waals surface area contributed by atoms with Crippen molar-refractivity contribution in [3.8, 4) is 0 Å². The van der Waals surface area contributed by atoms with Gasteiger partial charge in [0, 0.05) is 17.9 Å². The molecule has 0 radical (unpaired) electrons. The van der Waals surface area contributed by atoms with Crippen LogP contribution < -0.4 is 4.90 Å². The van der Waals surface area contributed by atoms with Crippen molar-refractivity contribution in [3.05, 3.63) is 29.3 Å². The lowest BCUT2D eigenvalue weighted by Crippen LogP contribution is -2.27. The molecule has 0 atom stereocenters. The normalized spacial score (nSPS) is 15.2. The van der Waals surface area contributed by atoms with E-state index in [0.717, 1.165) is 12.8 Å². The smallest absolute Gasteiger partial charge is 0.149 e. The van der Waals surface area contributed by atoms with Crippen molar-refractivity contribution >= 4 is 21.6 Å². The monoisotopic (exact) mass is 289 g/mol. The van der Waals surface area contributed by atoms with Crippen LogP contribution in [-0.2, 0) is 5.33 Å². The average Bonchev–Trinajstić information content (AvgIpc) is 3.06. The summed E-state index contributed by atoms with van der Waals surface area (Å²) >= 11 is 3.20. The van der Waals surface area contributed by atoms with E-state index in [4.69, 9.17) is 0 Å². The van der Waals surface area contributed by atoms with Crippen LogP contribution in [-0.4, -0.2) is 12.6 Å². The van der Waals surface area contributed by atoms with Gasteiger partial charge in [-0.3, -0.25) is 0 Å². The van der Waals surface area contributed by atoms with Crippen LogP contribution in [0.1, 0.15) is 25.3 Å². The molecule has 0 heterocycles. The van der Waals surface area contributed by atoms with Crippen molar-refractivity contribution in [2.24, 2.45) is 0 Å². The fourth-order valence-corrected chi connectivity index (χ4v) is 2.28. The maximum atomic E-state index is 13.8. The van der Waals surface area contributed by atoms with E-state index in [1.807, 2.05) is 11.8 Å². The Labute approximate surface area is 103 Å². The number of nitrogens with zero attached hydrogens (tertiary/aromatic N) is 1. The van der Waals surface area contributed by atoms with Crippen molar-refractivity contribution in [3.63, 3.8) is 0 Å². The Bertz CT molecular complexity index is 368. The minimum Gasteiger partial charge on any atom is -0.364 e. The summed E-state index contributed by atoms with van der Waals surface area (Å²) in [5, 5.41) is 0.469. The molecule has 1 aliphatic rings. The quantitative estimate of drug-likeness (QED) is 0.761. The van der Waals surface area contributed by atoms with Gasteiger partial charge in [0.05, 0.1) is 0 Å². The van der Waals surface area contributed by atoms with Crippen LogP contribution in [0.4, 0.5) is 14.5 Å². The highest BCUT2D eigenvalue weighted by atomic mass is 79.9. The number of benzene rings is 1. The van der Waals surface area contributed by atoms with Gasteiger partial charge in [-0.15, -0.1) is 0 Å². The second-order valence-corrected chi connectivity index (χ2v) is 4.62. The number of hydrogen-bond acceptors (Lipinski definition) is 1. The Morgan fingerprint density at radius 3 is 2.25 bits per heavy atom. The van der Waals surface area contributed by atoms with Crippen LogP contribution in [0.25, 0.3) is 0 Å². The lowest BCUT2D eigenvalue weighted by atomic mass is 10.2. The fraction of sp³-hybridized carbons (Fsp3) is 0.500. The van der Waals surface area contributed by atoms with E-state index in [1.54, 1.807) is 0 Å². The van der Waals surface area contributed by atoms with Gasteiger partial charge in [-0.25, -0.2) is 8.78 Å². The first-order valence-corrected chi connectivity index (χ1v) is 6.60. The molecule has 88 valence electrons. The van der Waals surface area contributed by atoms with E-state index in [-0.39, 0.29) is 5.69 Å². The maximum Gasteiger partial charge on any atom is 0.149 e. The largest absolute Gasteiger partial charge is 0.364 e. The molecule has 4 heteroatoms. The molecule has 1 aromatic rings. The van der Waals surface area contributed by atoms with Gasteiger partial charge in [-0.05, 0) is 37.5 Å². The van der Waals surface area contributed by atoms with E-state index < -0.39 is 11.6 Å². The number of halogens is 3. The van der Waals surface area contributed by atoms with Gasteiger partial charge in [0.2, 0.25) is 0 Å². The molecule has 0 unspecified atom stereocenters. The Hall–Kier alpha value is -0.640. The molecular weight excluding hydrogens is 276 g/mol. The third-order valence-corrected chi connectivity index (χ3v) is 3.49. The van der Waals surface area contributed by atoms with Crippen LogP contribution in [0, 0.1) is 11.6 Å². The van der Waals surface area contributed by atoms with Crippen molar-refractivity contribution < 1.29 is 8.78 Å². The highest BCUT2D eigenvalue weighted by molar-refractivity contribution is 9.08. The predicted octanol–water partition coefficient (Wildman–Crippen LogP) is 3.85. The van der Waals surface area contributed by atoms with E-state index >= 15 is 0 Å². The highest BCUT2D eigenvalue weighted by Gasteiger charge is 2.31. The first-order chi connectivity index (χ1) is 7.67. The van der Waals surface area contributed by atoms with Crippen molar-refractivity contribution in [2.75, 3.05) is 11.4 Å². The topological polar surface area (TPSA) is 3.24 Å². The predicted molar refractivity (Wildman–Crippen MR) is 65.0 cm³/mol. The Morgan fingerprint density at radius 2 is 1.88 bits per heavy atom. The minimum atomic E-state index is -0.455. The maximum absolute atomic E-state index is 13.8. The molecule has 0 aliphatic heterocycles. The average molecular weight is 290 g/mol. The zero-order valence-corrected chi connectivity index (χ0v) is 10.7. The molecule has 2 rings (SSSR count). The third-order valence-electron chi connectivity index (χ3n) is 2.85. The Kier molecular flexibility index (Phi) is 3.47. The van der Waals surface area contributed by atoms with E-state index in [2.05, 4.69) is 15.9 Å². The van der Waals surface area contributed by atoms with E-state index in [9.17, 15) is 8.78 Å². The zero-order valence-electron chi connectivity index (χ0n) is 9.14. The molecule has 0 amide bonds. The SMILES string of the molecule is CCN(c1c(F)cc(CBr)cc1F)C1CC1. The van der Waals surface area contributed by atoms with Crippen LogP contribution in [0.3, 0.4) is 0 Å². The third kappa shape index (κ3) is 2.21. The second-order valence-electron chi connectivity index (χ2n) is 4.06. The van der Waals surface area contributed by atoms with Gasteiger partial charge in [-0.1, -0.05) is 15.9 Å². The molecule has 0 saturated heterocycles. The summed E-state index contributed by atoms with van der Waals surface area (Å²) < 4.78 is 27.6. The van der Waals surface area contributed by atoms with Gasteiger partial charge in [0.25, 0.3) is 0 Å². The Morgan fingerprint density at radius 1 is 1.31 bits per heavy atom. The Balaban J connectivity index is 2.38. The van der Waals surface area contributed by atoms with Gasteiger partial charge < -0.3 is 4.90 Å². The number of anilines is 1. The van der Waals surface area contributed by atoms with Gasteiger partial charge in [-0.2, -0.15) is 0 Å². The molecule has 0 bridgehead atoms. The van der Waals surface area contributed by atoms with Gasteiger partial charge in [0.15, 0.2) is 0 Å². The van der Waals surface area contributed by atoms with E-state index in [1.165, 1.54) is 12.1 Å². The molecule has 0 N–H and O–H groups in total. The molecule has 1 aliphatic carbocycles. The molecule has 0 aromatic heterocycles. The molecule has 1 nitrogen and oxygen atoms in total. The molecule has 1 saturated carbocycles. The van der Waals surface area contributed by atoms with Gasteiger partial charge in [0.1, 0.15) is 17.3 Å². The summed E-state index contributed by atoms with van der Waals surface area (Å²) in [7, 11) is 0. The van der Waals surface area contributed by atoms with Crippen molar-refractivity contribution in [1.29, 1.82) is 0 Å². The van der Waals surface area contributed by atoms with Crippen LogP contribution >= 0.6 is 15.9 Å².